The highest BCUT2D eigenvalue weighted by Gasteiger charge is 2.40. The van der Waals surface area contributed by atoms with Crippen LogP contribution in [0.4, 0.5) is 10.1 Å². The number of hydrogen-bond acceptors (Lipinski definition) is 2. The maximum Gasteiger partial charge on any atom is 0.244 e. The Kier molecular flexibility index (Phi) is 2.86. The number of anilines is 1. The molecule has 86 valence electrons. The van der Waals surface area contributed by atoms with Crippen molar-refractivity contribution in [2.75, 3.05) is 5.32 Å². The first-order valence-corrected chi connectivity index (χ1v) is 5.45. The van der Waals surface area contributed by atoms with Crippen LogP contribution in [0.25, 0.3) is 0 Å². The van der Waals surface area contributed by atoms with Crippen molar-refractivity contribution in [2.45, 2.75) is 24.8 Å². The van der Waals surface area contributed by atoms with Crippen molar-refractivity contribution in [3.63, 3.8) is 0 Å². The van der Waals surface area contributed by atoms with E-state index in [-0.39, 0.29) is 16.6 Å². The lowest BCUT2D eigenvalue weighted by Gasteiger charge is -2.36. The monoisotopic (exact) mass is 242 g/mol. The maximum absolute atomic E-state index is 13.4. The molecule has 1 aromatic rings. The molecule has 0 aromatic heterocycles. The van der Waals surface area contributed by atoms with Crippen LogP contribution < -0.4 is 11.1 Å². The minimum absolute atomic E-state index is 0.00546. The van der Waals surface area contributed by atoms with Crippen LogP contribution in [0.15, 0.2) is 18.2 Å². The third-order valence-corrected chi connectivity index (χ3v) is 3.21. The summed E-state index contributed by atoms with van der Waals surface area (Å²) >= 11 is 5.79. The van der Waals surface area contributed by atoms with Crippen LogP contribution in [-0.2, 0) is 4.79 Å². The standard InChI is InChI=1S/C11H12ClFN2O/c12-7-3-1-4-8(13)9(7)15-10(16)11(14)5-2-6-11/h1,3-4H,2,5-6,14H2,(H,15,16). The predicted molar refractivity (Wildman–Crippen MR) is 60.8 cm³/mol. The van der Waals surface area contributed by atoms with Crippen LogP contribution in [0.3, 0.4) is 0 Å². The molecule has 0 atom stereocenters. The molecule has 1 fully saturated rings. The van der Waals surface area contributed by atoms with E-state index in [9.17, 15) is 9.18 Å². The third-order valence-electron chi connectivity index (χ3n) is 2.90. The summed E-state index contributed by atoms with van der Waals surface area (Å²) in [4.78, 5) is 11.8. The molecule has 16 heavy (non-hydrogen) atoms. The largest absolute Gasteiger partial charge is 0.321 e. The van der Waals surface area contributed by atoms with Gasteiger partial charge in [0.05, 0.1) is 16.2 Å². The zero-order valence-electron chi connectivity index (χ0n) is 8.59. The average molecular weight is 243 g/mol. The number of nitrogens with one attached hydrogen (secondary N) is 1. The van der Waals surface area contributed by atoms with Crippen LogP contribution in [0.5, 0.6) is 0 Å². The number of benzene rings is 1. The lowest BCUT2D eigenvalue weighted by atomic mass is 9.77. The van der Waals surface area contributed by atoms with E-state index >= 15 is 0 Å². The average Bonchev–Trinajstić information content (AvgIpc) is 2.20. The Balaban J connectivity index is 2.18. The van der Waals surface area contributed by atoms with Crippen molar-refractivity contribution >= 4 is 23.2 Å². The molecule has 0 heterocycles. The molecular weight excluding hydrogens is 231 g/mol. The summed E-state index contributed by atoms with van der Waals surface area (Å²) in [6.45, 7) is 0. The molecule has 2 rings (SSSR count). The minimum Gasteiger partial charge on any atom is -0.321 e. The molecule has 5 heteroatoms. The molecule has 0 radical (unpaired) electrons. The van der Waals surface area contributed by atoms with Crippen molar-refractivity contribution in [3.05, 3.63) is 29.0 Å². The van der Waals surface area contributed by atoms with Crippen LogP contribution in [-0.4, -0.2) is 11.4 Å². The highest BCUT2D eigenvalue weighted by molar-refractivity contribution is 6.33. The molecule has 0 spiro atoms. The first kappa shape index (κ1) is 11.4. The zero-order chi connectivity index (χ0) is 11.8. The van der Waals surface area contributed by atoms with E-state index in [0.29, 0.717) is 12.8 Å². The second-order valence-corrected chi connectivity index (χ2v) is 4.47. The molecule has 1 aromatic carbocycles. The third kappa shape index (κ3) is 1.90. The predicted octanol–water partition coefficient (Wildman–Crippen LogP) is 2.30. The minimum atomic E-state index is -0.856. The number of amides is 1. The quantitative estimate of drug-likeness (QED) is 0.836. The Morgan fingerprint density at radius 3 is 2.69 bits per heavy atom. The van der Waals surface area contributed by atoms with E-state index in [1.807, 2.05) is 0 Å². The second kappa shape index (κ2) is 4.03. The fraction of sp³-hybridized carbons (Fsp3) is 0.364. The Hall–Kier alpha value is -1.13. The van der Waals surface area contributed by atoms with Gasteiger partial charge < -0.3 is 11.1 Å². The lowest BCUT2D eigenvalue weighted by Crippen LogP contribution is -2.56. The number of carbonyl (C=O) groups excluding carboxylic acids is 1. The summed E-state index contributed by atoms with van der Waals surface area (Å²) in [6.07, 6.45) is 2.19. The van der Waals surface area contributed by atoms with Crippen molar-refractivity contribution in [1.29, 1.82) is 0 Å². The van der Waals surface area contributed by atoms with Crippen LogP contribution >= 0.6 is 11.6 Å². The van der Waals surface area contributed by atoms with Gasteiger partial charge in [0.2, 0.25) is 5.91 Å². The van der Waals surface area contributed by atoms with E-state index in [2.05, 4.69) is 5.32 Å². The summed E-state index contributed by atoms with van der Waals surface area (Å²) in [7, 11) is 0. The Labute approximate surface area is 97.8 Å². The summed E-state index contributed by atoms with van der Waals surface area (Å²) in [5.41, 5.74) is 4.97. The Bertz CT molecular complexity index is 412. The maximum atomic E-state index is 13.4. The van der Waals surface area contributed by atoms with Crippen LogP contribution in [0.2, 0.25) is 5.02 Å². The van der Waals surface area contributed by atoms with E-state index in [1.54, 1.807) is 0 Å². The van der Waals surface area contributed by atoms with Gasteiger partial charge in [0.1, 0.15) is 5.82 Å². The van der Waals surface area contributed by atoms with E-state index in [0.717, 1.165) is 6.42 Å². The van der Waals surface area contributed by atoms with Gasteiger partial charge in [-0.1, -0.05) is 17.7 Å². The van der Waals surface area contributed by atoms with Gasteiger partial charge in [-0.15, -0.1) is 0 Å². The first-order valence-electron chi connectivity index (χ1n) is 5.07. The molecule has 0 aliphatic heterocycles. The van der Waals surface area contributed by atoms with Crippen LogP contribution in [0, 0.1) is 5.82 Å². The molecule has 1 aliphatic rings. The van der Waals surface area contributed by atoms with Crippen molar-refractivity contribution in [1.82, 2.24) is 0 Å². The highest BCUT2D eigenvalue weighted by atomic mass is 35.5. The summed E-state index contributed by atoms with van der Waals surface area (Å²) in [5.74, 6) is -0.922. The molecule has 0 unspecified atom stereocenters. The van der Waals surface area contributed by atoms with Gasteiger partial charge in [0.15, 0.2) is 0 Å². The molecule has 1 saturated carbocycles. The van der Waals surface area contributed by atoms with E-state index in [1.165, 1.54) is 18.2 Å². The smallest absolute Gasteiger partial charge is 0.244 e. The van der Waals surface area contributed by atoms with Crippen molar-refractivity contribution in [2.24, 2.45) is 5.73 Å². The van der Waals surface area contributed by atoms with Crippen molar-refractivity contribution < 1.29 is 9.18 Å². The van der Waals surface area contributed by atoms with Gasteiger partial charge in [0, 0.05) is 0 Å². The molecule has 0 bridgehead atoms. The molecule has 3 N–H and O–H groups in total. The molecule has 0 saturated heterocycles. The van der Waals surface area contributed by atoms with Gasteiger partial charge in [-0.25, -0.2) is 4.39 Å². The van der Waals surface area contributed by atoms with Gasteiger partial charge in [0.25, 0.3) is 0 Å². The number of rotatable bonds is 2. The summed E-state index contributed by atoms with van der Waals surface area (Å²) in [5, 5.41) is 2.63. The first-order chi connectivity index (χ1) is 7.53. The fourth-order valence-electron chi connectivity index (χ4n) is 1.64. The van der Waals surface area contributed by atoms with Gasteiger partial charge in [-0.2, -0.15) is 0 Å². The SMILES string of the molecule is NC1(C(=O)Nc2c(F)cccc2Cl)CCC1. The Morgan fingerprint density at radius 1 is 1.50 bits per heavy atom. The van der Waals surface area contributed by atoms with Gasteiger partial charge in [-0.3, -0.25) is 4.79 Å². The fourth-order valence-corrected chi connectivity index (χ4v) is 1.85. The lowest BCUT2D eigenvalue weighted by molar-refractivity contribution is -0.123. The molecule has 1 aliphatic carbocycles. The highest BCUT2D eigenvalue weighted by Crippen LogP contribution is 2.32. The topological polar surface area (TPSA) is 55.1 Å². The summed E-state index contributed by atoms with van der Waals surface area (Å²) in [6, 6.07) is 4.24. The normalized spacial score (nSPS) is 17.7. The molecule has 3 nitrogen and oxygen atoms in total. The van der Waals surface area contributed by atoms with Crippen LogP contribution in [0.1, 0.15) is 19.3 Å². The Morgan fingerprint density at radius 2 is 2.19 bits per heavy atom. The number of carbonyl (C=O) groups is 1. The number of para-hydroxylation sites is 1. The van der Waals surface area contributed by atoms with E-state index in [4.69, 9.17) is 17.3 Å². The summed E-state index contributed by atoms with van der Waals surface area (Å²) < 4.78 is 13.4. The van der Waals surface area contributed by atoms with Gasteiger partial charge in [-0.05, 0) is 31.4 Å². The number of nitrogens with two attached hydrogens (primary N) is 1. The number of halogens is 2. The second-order valence-electron chi connectivity index (χ2n) is 4.06. The van der Waals surface area contributed by atoms with Crippen molar-refractivity contribution in [3.8, 4) is 0 Å². The number of hydrogen-bond donors (Lipinski definition) is 2. The molecular formula is C11H12ClFN2O. The molecule has 1 amide bonds. The van der Waals surface area contributed by atoms with Gasteiger partial charge >= 0.3 is 0 Å². The zero-order valence-corrected chi connectivity index (χ0v) is 9.35. The van der Waals surface area contributed by atoms with E-state index < -0.39 is 11.4 Å².